The van der Waals surface area contributed by atoms with E-state index >= 15 is 0 Å². The van der Waals surface area contributed by atoms with Crippen molar-refractivity contribution in [3.8, 4) is 5.75 Å². The molecule has 4 heteroatoms. The van der Waals surface area contributed by atoms with Gasteiger partial charge in [-0.3, -0.25) is 9.59 Å². The summed E-state index contributed by atoms with van der Waals surface area (Å²) in [5, 5.41) is 2.87. The average Bonchev–Trinajstić information content (AvgIpc) is 2.45. The Hall–Kier alpha value is -1.84. The van der Waals surface area contributed by atoms with Gasteiger partial charge in [0.05, 0.1) is 11.1 Å². The van der Waals surface area contributed by atoms with Crippen molar-refractivity contribution < 1.29 is 14.3 Å². The number of nitrogens with one attached hydrogen (secondary N) is 1. The van der Waals surface area contributed by atoms with E-state index < -0.39 is 5.41 Å². The first-order chi connectivity index (χ1) is 9.47. The minimum Gasteiger partial charge on any atom is -0.490 e. The Labute approximate surface area is 118 Å². The van der Waals surface area contributed by atoms with Gasteiger partial charge in [-0.05, 0) is 44.9 Å². The number of fused-ring (bicyclic) bond motifs is 1. The lowest BCUT2D eigenvalue weighted by molar-refractivity contribution is -0.124. The lowest BCUT2D eigenvalue weighted by Gasteiger charge is -2.24. The molecule has 0 radical (unpaired) electrons. The van der Waals surface area contributed by atoms with Crippen LogP contribution in [0.2, 0.25) is 0 Å². The zero-order valence-electron chi connectivity index (χ0n) is 11.9. The number of amides is 1. The predicted molar refractivity (Wildman–Crippen MR) is 76.0 cm³/mol. The van der Waals surface area contributed by atoms with Crippen LogP contribution in [0.3, 0.4) is 0 Å². The first-order valence-electron chi connectivity index (χ1n) is 7.10. The molecule has 0 atom stereocenters. The summed E-state index contributed by atoms with van der Waals surface area (Å²) in [6.45, 7) is 4.02. The van der Waals surface area contributed by atoms with E-state index in [0.717, 1.165) is 19.3 Å². The van der Waals surface area contributed by atoms with Crippen LogP contribution in [0.25, 0.3) is 0 Å². The van der Waals surface area contributed by atoms with Crippen LogP contribution in [-0.2, 0) is 4.79 Å². The maximum Gasteiger partial charge on any atom is 0.233 e. The first-order valence-corrected chi connectivity index (χ1v) is 7.10. The molecule has 1 aromatic rings. The molecule has 2 aliphatic rings. The first kappa shape index (κ1) is 13.2. The van der Waals surface area contributed by atoms with E-state index in [-0.39, 0.29) is 17.6 Å². The van der Waals surface area contributed by atoms with Crippen molar-refractivity contribution >= 4 is 17.4 Å². The molecule has 1 heterocycles. The molecule has 1 fully saturated rings. The molecule has 1 aliphatic carbocycles. The van der Waals surface area contributed by atoms with Gasteiger partial charge in [0.2, 0.25) is 5.91 Å². The van der Waals surface area contributed by atoms with E-state index in [9.17, 15) is 9.59 Å². The van der Waals surface area contributed by atoms with Gasteiger partial charge in [-0.2, -0.15) is 0 Å². The van der Waals surface area contributed by atoms with Crippen molar-refractivity contribution in [1.82, 2.24) is 0 Å². The molecule has 1 N–H and O–H groups in total. The Bertz CT molecular complexity index is 573. The summed E-state index contributed by atoms with van der Waals surface area (Å²) in [5.41, 5.74) is 0.694. The highest BCUT2D eigenvalue weighted by Gasteiger charge is 2.33. The molecule has 20 heavy (non-hydrogen) atoms. The van der Waals surface area contributed by atoms with Gasteiger partial charge < -0.3 is 10.1 Å². The second kappa shape index (κ2) is 4.62. The van der Waals surface area contributed by atoms with Crippen molar-refractivity contribution in [2.24, 2.45) is 11.3 Å². The molecule has 106 valence electrons. The topological polar surface area (TPSA) is 55.4 Å². The number of carbonyl (C=O) groups is 2. The summed E-state index contributed by atoms with van der Waals surface area (Å²) in [6, 6.07) is 5.32. The van der Waals surface area contributed by atoms with Crippen LogP contribution in [-0.4, -0.2) is 18.3 Å². The molecule has 1 amide bonds. The van der Waals surface area contributed by atoms with Gasteiger partial charge >= 0.3 is 0 Å². The van der Waals surface area contributed by atoms with Crippen LogP contribution in [0, 0.1) is 11.3 Å². The second-order valence-electron chi connectivity index (χ2n) is 6.33. The number of anilines is 1. The maximum absolute atomic E-state index is 12.3. The fourth-order valence-corrected chi connectivity index (χ4v) is 2.43. The van der Waals surface area contributed by atoms with E-state index in [0.29, 0.717) is 23.6 Å². The van der Waals surface area contributed by atoms with E-state index in [4.69, 9.17) is 4.74 Å². The summed E-state index contributed by atoms with van der Waals surface area (Å²) in [6.07, 6.45) is 3.09. The van der Waals surface area contributed by atoms with Crippen LogP contribution in [0.4, 0.5) is 5.69 Å². The predicted octanol–water partition coefficient (Wildman–Crippen LogP) is 3.03. The SMILES string of the molecule is CC1(C)COc2ccc(C(=O)C3CCC3)cc2NC1=O. The van der Waals surface area contributed by atoms with Gasteiger partial charge in [-0.25, -0.2) is 0 Å². The zero-order chi connectivity index (χ0) is 14.3. The van der Waals surface area contributed by atoms with Crippen molar-refractivity contribution in [2.75, 3.05) is 11.9 Å². The number of rotatable bonds is 2. The van der Waals surface area contributed by atoms with Crippen molar-refractivity contribution in [2.45, 2.75) is 33.1 Å². The lowest BCUT2D eigenvalue weighted by atomic mass is 9.80. The number of hydrogen-bond acceptors (Lipinski definition) is 3. The Morgan fingerprint density at radius 3 is 2.75 bits per heavy atom. The molecule has 0 spiro atoms. The highest BCUT2D eigenvalue weighted by Crippen LogP contribution is 2.35. The highest BCUT2D eigenvalue weighted by atomic mass is 16.5. The van der Waals surface area contributed by atoms with Gasteiger partial charge in [0.1, 0.15) is 12.4 Å². The van der Waals surface area contributed by atoms with Crippen LogP contribution in [0.15, 0.2) is 18.2 Å². The Balaban J connectivity index is 1.89. The number of ether oxygens (including phenoxy) is 1. The van der Waals surface area contributed by atoms with E-state index in [1.807, 2.05) is 13.8 Å². The average molecular weight is 273 g/mol. The third-order valence-corrected chi connectivity index (χ3v) is 4.19. The van der Waals surface area contributed by atoms with E-state index in [2.05, 4.69) is 5.32 Å². The quantitative estimate of drug-likeness (QED) is 0.843. The Kier molecular flexibility index (Phi) is 3.04. The summed E-state index contributed by atoms with van der Waals surface area (Å²) >= 11 is 0. The second-order valence-corrected chi connectivity index (χ2v) is 6.33. The summed E-state index contributed by atoms with van der Waals surface area (Å²) in [7, 11) is 0. The number of hydrogen-bond donors (Lipinski definition) is 1. The monoisotopic (exact) mass is 273 g/mol. The third kappa shape index (κ3) is 2.19. The zero-order valence-corrected chi connectivity index (χ0v) is 11.9. The van der Waals surface area contributed by atoms with Gasteiger partial charge in [-0.15, -0.1) is 0 Å². The fourth-order valence-electron chi connectivity index (χ4n) is 2.43. The summed E-state index contributed by atoms with van der Waals surface area (Å²) in [5.74, 6) is 0.891. The van der Waals surface area contributed by atoms with Crippen molar-refractivity contribution in [3.63, 3.8) is 0 Å². The van der Waals surface area contributed by atoms with Gasteiger partial charge in [0, 0.05) is 11.5 Å². The summed E-state index contributed by atoms with van der Waals surface area (Å²) < 4.78 is 5.68. The van der Waals surface area contributed by atoms with Crippen LogP contribution in [0.1, 0.15) is 43.5 Å². The standard InChI is InChI=1S/C16H19NO3/c1-16(2)9-20-13-7-6-11(8-12(13)17-15(16)19)14(18)10-4-3-5-10/h6-8,10H,3-5,9H2,1-2H3,(H,17,19). The molecule has 4 nitrogen and oxygen atoms in total. The normalized spacial score (nSPS) is 21.0. The number of ketones is 1. The summed E-state index contributed by atoms with van der Waals surface area (Å²) in [4.78, 5) is 24.4. The number of benzene rings is 1. The van der Waals surface area contributed by atoms with Crippen LogP contribution in [0.5, 0.6) is 5.75 Å². The van der Waals surface area contributed by atoms with Crippen molar-refractivity contribution in [3.05, 3.63) is 23.8 Å². The largest absolute Gasteiger partial charge is 0.490 e. The lowest BCUT2D eigenvalue weighted by Crippen LogP contribution is -2.33. The van der Waals surface area contributed by atoms with Crippen molar-refractivity contribution in [1.29, 1.82) is 0 Å². The van der Waals surface area contributed by atoms with Crippen LogP contribution < -0.4 is 10.1 Å². The molecular formula is C16H19NO3. The fraction of sp³-hybridized carbons (Fsp3) is 0.500. The smallest absolute Gasteiger partial charge is 0.233 e. The van der Waals surface area contributed by atoms with Crippen LogP contribution >= 0.6 is 0 Å². The maximum atomic E-state index is 12.3. The minimum absolute atomic E-state index is 0.0792. The minimum atomic E-state index is -0.572. The van der Waals surface area contributed by atoms with Gasteiger partial charge in [0.25, 0.3) is 0 Å². The highest BCUT2D eigenvalue weighted by molar-refractivity contribution is 6.02. The molecule has 0 aromatic heterocycles. The third-order valence-electron chi connectivity index (χ3n) is 4.19. The van der Waals surface area contributed by atoms with E-state index in [1.54, 1.807) is 18.2 Å². The van der Waals surface area contributed by atoms with E-state index in [1.165, 1.54) is 0 Å². The Morgan fingerprint density at radius 2 is 2.10 bits per heavy atom. The number of Topliss-reactive ketones (excluding diaryl/α,β-unsaturated/α-hetero) is 1. The van der Waals surface area contributed by atoms with Gasteiger partial charge in [-0.1, -0.05) is 6.42 Å². The molecule has 1 aromatic carbocycles. The molecule has 0 unspecified atom stereocenters. The molecule has 1 saturated carbocycles. The molecule has 0 saturated heterocycles. The molecule has 0 bridgehead atoms. The number of carbonyl (C=O) groups excluding carboxylic acids is 2. The molecular weight excluding hydrogens is 254 g/mol. The molecule has 1 aliphatic heterocycles. The van der Waals surface area contributed by atoms with Gasteiger partial charge in [0.15, 0.2) is 5.78 Å². The Morgan fingerprint density at radius 1 is 1.35 bits per heavy atom. The molecule has 3 rings (SSSR count).